The zero-order valence-corrected chi connectivity index (χ0v) is 14.5. The summed E-state index contributed by atoms with van der Waals surface area (Å²) in [7, 11) is 0. The number of allylic oxidation sites excluding steroid dienone is 2. The Kier molecular flexibility index (Phi) is 4.27. The highest BCUT2D eigenvalue weighted by atomic mass is 79.9. The van der Waals surface area contributed by atoms with Crippen molar-refractivity contribution in [1.82, 2.24) is 0 Å². The van der Waals surface area contributed by atoms with Crippen LogP contribution in [-0.4, -0.2) is 5.78 Å². The monoisotopic (exact) mass is 379 g/mol. The molecule has 2 aliphatic carbocycles. The molecule has 0 N–H and O–H groups in total. The second kappa shape index (κ2) is 6.23. The van der Waals surface area contributed by atoms with Gasteiger partial charge in [-0.1, -0.05) is 34.5 Å². The number of carbonyl (C=O) groups excluding carboxylic acids is 1. The van der Waals surface area contributed by atoms with Crippen molar-refractivity contribution >= 4 is 21.7 Å². The van der Waals surface area contributed by atoms with Crippen molar-refractivity contribution < 1.29 is 4.79 Å². The van der Waals surface area contributed by atoms with E-state index in [-0.39, 0.29) is 11.5 Å². The molecule has 0 amide bonds. The highest BCUT2D eigenvalue weighted by Gasteiger charge is 2.57. The van der Waals surface area contributed by atoms with Crippen molar-refractivity contribution in [3.05, 3.63) is 45.4 Å². The second-order valence-corrected chi connectivity index (χ2v) is 7.17. The summed E-state index contributed by atoms with van der Waals surface area (Å²) in [5, 5.41) is 29.0. The maximum Gasteiger partial charge on any atom is 0.214 e. The summed E-state index contributed by atoms with van der Waals surface area (Å²) in [6, 6.07) is 13.4. The number of Topliss-reactive ketones (excluding diaryl/α,β-unsaturated/α-hetero) is 1. The Bertz CT molecular complexity index is 852. The van der Waals surface area contributed by atoms with Crippen molar-refractivity contribution in [2.24, 2.45) is 11.3 Å². The predicted octanol–water partition coefficient (Wildman–Crippen LogP) is 4.16. The van der Waals surface area contributed by atoms with Crippen molar-refractivity contribution in [2.75, 3.05) is 0 Å². The first-order valence-electron chi connectivity index (χ1n) is 7.85. The molecule has 0 saturated heterocycles. The van der Waals surface area contributed by atoms with E-state index >= 15 is 0 Å². The smallest absolute Gasteiger partial charge is 0.214 e. The Morgan fingerprint density at radius 1 is 1.17 bits per heavy atom. The highest BCUT2D eigenvalue weighted by molar-refractivity contribution is 9.10. The SMILES string of the molecule is N#CC1=C2CCCC[C@H]2[C@H](c2cccc(Br)c2)C(C#N)(C#N)C1=O. The third-order valence-electron chi connectivity index (χ3n) is 5.11. The molecule has 3 rings (SSSR count). The highest BCUT2D eigenvalue weighted by Crippen LogP contribution is 2.54. The molecule has 5 heteroatoms. The first-order valence-corrected chi connectivity index (χ1v) is 8.64. The number of benzene rings is 1. The Labute approximate surface area is 149 Å². The molecule has 1 fully saturated rings. The quantitative estimate of drug-likeness (QED) is 0.732. The lowest BCUT2D eigenvalue weighted by Crippen LogP contribution is -2.45. The lowest BCUT2D eigenvalue weighted by molar-refractivity contribution is -0.122. The first kappa shape index (κ1) is 16.4. The standard InChI is InChI=1S/C19H14BrN3O/c20-13-5-3-4-12(8-13)17-15-7-2-1-6-14(15)16(9-21)18(24)19(17,10-22)11-23/h3-5,8,15,17H,1-2,6-7H2/t15-,17+/m1/s1. The zero-order valence-electron chi connectivity index (χ0n) is 12.9. The summed E-state index contributed by atoms with van der Waals surface area (Å²) in [6.45, 7) is 0. The van der Waals surface area contributed by atoms with Gasteiger partial charge in [0.2, 0.25) is 11.2 Å². The average Bonchev–Trinajstić information content (AvgIpc) is 2.61. The molecule has 2 aliphatic rings. The molecule has 0 heterocycles. The van der Waals surface area contributed by atoms with Crippen LogP contribution in [0.25, 0.3) is 0 Å². The molecule has 0 aliphatic heterocycles. The average molecular weight is 380 g/mol. The predicted molar refractivity (Wildman–Crippen MR) is 90.1 cm³/mol. The van der Waals surface area contributed by atoms with E-state index in [1.807, 2.05) is 42.5 Å². The molecule has 1 aromatic carbocycles. The van der Waals surface area contributed by atoms with Gasteiger partial charge in [0.15, 0.2) is 0 Å². The largest absolute Gasteiger partial charge is 0.290 e. The minimum Gasteiger partial charge on any atom is -0.290 e. The molecular weight excluding hydrogens is 366 g/mol. The van der Waals surface area contributed by atoms with Gasteiger partial charge in [0.25, 0.3) is 0 Å². The number of halogens is 1. The van der Waals surface area contributed by atoms with Crippen LogP contribution in [0.5, 0.6) is 0 Å². The summed E-state index contributed by atoms with van der Waals surface area (Å²) >= 11 is 3.42. The Morgan fingerprint density at radius 3 is 2.54 bits per heavy atom. The zero-order chi connectivity index (χ0) is 17.3. The Morgan fingerprint density at radius 2 is 1.92 bits per heavy atom. The molecule has 0 spiro atoms. The summed E-state index contributed by atoms with van der Waals surface area (Å²) < 4.78 is 0.838. The number of fused-ring (bicyclic) bond motifs is 1. The molecule has 1 saturated carbocycles. The van der Waals surface area contributed by atoms with Crippen molar-refractivity contribution in [3.8, 4) is 18.2 Å². The van der Waals surface area contributed by atoms with Crippen LogP contribution < -0.4 is 0 Å². The molecule has 2 atom stereocenters. The van der Waals surface area contributed by atoms with Crippen LogP contribution in [0.15, 0.2) is 39.9 Å². The molecule has 0 bridgehead atoms. The number of nitriles is 3. The van der Waals surface area contributed by atoms with E-state index in [0.717, 1.165) is 34.9 Å². The maximum absolute atomic E-state index is 12.9. The van der Waals surface area contributed by atoms with Gasteiger partial charge in [-0.15, -0.1) is 0 Å². The van der Waals surface area contributed by atoms with Gasteiger partial charge in [-0.25, -0.2) is 0 Å². The van der Waals surface area contributed by atoms with Crippen LogP contribution in [0.3, 0.4) is 0 Å². The molecule has 24 heavy (non-hydrogen) atoms. The lowest BCUT2D eigenvalue weighted by Gasteiger charge is -2.42. The fourth-order valence-electron chi connectivity index (χ4n) is 4.07. The van der Waals surface area contributed by atoms with Crippen molar-refractivity contribution in [3.63, 3.8) is 0 Å². The van der Waals surface area contributed by atoms with Gasteiger partial charge in [0, 0.05) is 10.4 Å². The fraction of sp³-hybridized carbons (Fsp3) is 0.368. The van der Waals surface area contributed by atoms with Crippen molar-refractivity contribution in [1.29, 1.82) is 15.8 Å². The molecule has 0 radical (unpaired) electrons. The first-order chi connectivity index (χ1) is 11.6. The number of hydrogen-bond acceptors (Lipinski definition) is 4. The van der Waals surface area contributed by atoms with Crippen LogP contribution in [0, 0.1) is 45.3 Å². The number of rotatable bonds is 1. The summed E-state index contributed by atoms with van der Waals surface area (Å²) in [5.74, 6) is -1.28. The number of hydrogen-bond donors (Lipinski definition) is 0. The normalized spacial score (nSPS) is 25.2. The van der Waals surface area contributed by atoms with Gasteiger partial charge < -0.3 is 0 Å². The Balaban J connectivity index is 2.30. The van der Waals surface area contributed by atoms with E-state index in [9.17, 15) is 20.6 Å². The topological polar surface area (TPSA) is 88.4 Å². The third-order valence-corrected chi connectivity index (χ3v) is 5.60. The summed E-state index contributed by atoms with van der Waals surface area (Å²) in [6.07, 6.45) is 3.38. The van der Waals surface area contributed by atoms with E-state index in [4.69, 9.17) is 0 Å². The number of nitrogens with zero attached hydrogens (tertiary/aromatic N) is 3. The van der Waals surface area contributed by atoms with Crippen LogP contribution in [0.1, 0.15) is 37.2 Å². The molecular formula is C19H14BrN3O. The van der Waals surface area contributed by atoms with E-state index in [0.29, 0.717) is 6.42 Å². The van der Waals surface area contributed by atoms with Crippen LogP contribution in [0.4, 0.5) is 0 Å². The van der Waals surface area contributed by atoms with Crippen molar-refractivity contribution in [2.45, 2.75) is 31.6 Å². The molecule has 1 aromatic rings. The van der Waals surface area contributed by atoms with E-state index in [2.05, 4.69) is 15.9 Å². The van der Waals surface area contributed by atoms with E-state index in [1.165, 1.54) is 0 Å². The third kappa shape index (κ3) is 2.27. The molecule has 0 aromatic heterocycles. The molecule has 4 nitrogen and oxygen atoms in total. The van der Waals surface area contributed by atoms with E-state index in [1.54, 1.807) is 0 Å². The van der Waals surface area contributed by atoms with Gasteiger partial charge in [0.05, 0.1) is 17.7 Å². The van der Waals surface area contributed by atoms with Gasteiger partial charge in [-0.3, -0.25) is 4.79 Å². The maximum atomic E-state index is 12.9. The summed E-state index contributed by atoms with van der Waals surface area (Å²) in [5.41, 5.74) is -0.173. The lowest BCUT2D eigenvalue weighted by atomic mass is 9.55. The van der Waals surface area contributed by atoms with E-state index < -0.39 is 17.1 Å². The number of carbonyl (C=O) groups is 1. The van der Waals surface area contributed by atoms with Gasteiger partial charge in [-0.2, -0.15) is 15.8 Å². The second-order valence-electron chi connectivity index (χ2n) is 6.26. The minimum atomic E-state index is -1.84. The molecule has 118 valence electrons. The number of ketones is 1. The Hall–Kier alpha value is -2.42. The van der Waals surface area contributed by atoms with Gasteiger partial charge in [0.1, 0.15) is 6.07 Å². The van der Waals surface area contributed by atoms with Gasteiger partial charge >= 0.3 is 0 Å². The van der Waals surface area contributed by atoms with Crippen LogP contribution in [0.2, 0.25) is 0 Å². The van der Waals surface area contributed by atoms with Gasteiger partial charge in [-0.05, 0) is 48.4 Å². The molecule has 0 unspecified atom stereocenters. The fourth-order valence-corrected chi connectivity index (χ4v) is 4.49. The summed E-state index contributed by atoms with van der Waals surface area (Å²) in [4.78, 5) is 12.9. The van der Waals surface area contributed by atoms with Crippen LogP contribution >= 0.6 is 15.9 Å². The van der Waals surface area contributed by atoms with Crippen LogP contribution in [-0.2, 0) is 4.79 Å². The minimum absolute atomic E-state index is 0.0362.